The normalized spacial score (nSPS) is 13.4. The molecule has 0 fully saturated rings. The maximum atomic E-state index is 12.2. The molecule has 0 aliphatic rings. The molecule has 0 bridgehead atoms. The molecule has 0 saturated heterocycles. The predicted octanol–water partition coefficient (Wildman–Crippen LogP) is 4.23. The van der Waals surface area contributed by atoms with E-state index < -0.39 is 6.10 Å². The van der Waals surface area contributed by atoms with Crippen LogP contribution < -0.4 is 5.32 Å². The fraction of sp³-hybridized carbons (Fsp3) is 0.278. The van der Waals surface area contributed by atoms with Gasteiger partial charge in [0.25, 0.3) is 0 Å². The molecule has 2 rings (SSSR count). The monoisotopic (exact) mass is 361 g/mol. The fourth-order valence-corrected chi connectivity index (χ4v) is 2.73. The van der Waals surface area contributed by atoms with E-state index in [2.05, 4.69) is 21.2 Å². The van der Waals surface area contributed by atoms with Crippen LogP contribution >= 0.6 is 15.9 Å². The van der Waals surface area contributed by atoms with Gasteiger partial charge >= 0.3 is 0 Å². The van der Waals surface area contributed by atoms with Crippen LogP contribution in [-0.4, -0.2) is 12.0 Å². The molecule has 0 aliphatic carbocycles. The molecular weight excluding hydrogens is 342 g/mol. The lowest BCUT2D eigenvalue weighted by Crippen LogP contribution is -2.36. The average Bonchev–Trinajstić information content (AvgIpc) is 2.53. The first kappa shape index (κ1) is 16.7. The number of benzene rings is 2. The van der Waals surface area contributed by atoms with Crippen LogP contribution in [0.2, 0.25) is 0 Å². The van der Waals surface area contributed by atoms with E-state index in [0.29, 0.717) is 6.61 Å². The lowest BCUT2D eigenvalue weighted by atomic mass is 10.1. The lowest BCUT2D eigenvalue weighted by molar-refractivity contribution is -0.133. The Labute approximate surface area is 139 Å². The third-order valence-electron chi connectivity index (χ3n) is 3.44. The number of halogens is 1. The van der Waals surface area contributed by atoms with E-state index in [9.17, 15) is 4.79 Å². The number of amides is 1. The van der Waals surface area contributed by atoms with E-state index in [0.717, 1.165) is 15.6 Å². The molecule has 2 aromatic carbocycles. The quantitative estimate of drug-likeness (QED) is 0.835. The van der Waals surface area contributed by atoms with Gasteiger partial charge in [0.05, 0.1) is 12.6 Å². The van der Waals surface area contributed by atoms with Crippen LogP contribution in [0, 0.1) is 0 Å². The molecule has 0 spiro atoms. The lowest BCUT2D eigenvalue weighted by Gasteiger charge is -2.19. The minimum absolute atomic E-state index is 0.0779. The molecule has 3 nitrogen and oxygen atoms in total. The molecular formula is C18H20BrNO2. The van der Waals surface area contributed by atoms with E-state index in [1.54, 1.807) is 6.92 Å². The molecule has 0 unspecified atom stereocenters. The van der Waals surface area contributed by atoms with Gasteiger partial charge in [-0.1, -0.05) is 64.5 Å². The molecule has 1 N–H and O–H groups in total. The first-order valence-electron chi connectivity index (χ1n) is 7.28. The van der Waals surface area contributed by atoms with Crippen LogP contribution in [0.25, 0.3) is 0 Å². The summed E-state index contributed by atoms with van der Waals surface area (Å²) in [5, 5.41) is 2.98. The minimum Gasteiger partial charge on any atom is -0.364 e. The van der Waals surface area contributed by atoms with Crippen LogP contribution in [-0.2, 0) is 16.1 Å². The van der Waals surface area contributed by atoms with E-state index in [1.807, 2.05) is 61.5 Å². The molecule has 0 heterocycles. The zero-order valence-electron chi connectivity index (χ0n) is 12.8. The summed E-state index contributed by atoms with van der Waals surface area (Å²) in [5.41, 5.74) is 2.10. The Bertz CT molecular complexity index is 615. The van der Waals surface area contributed by atoms with Gasteiger partial charge in [-0.05, 0) is 31.0 Å². The molecule has 116 valence electrons. The van der Waals surface area contributed by atoms with Crippen LogP contribution in [0.5, 0.6) is 0 Å². The van der Waals surface area contributed by atoms with Gasteiger partial charge in [0, 0.05) is 4.47 Å². The van der Waals surface area contributed by atoms with Crippen molar-refractivity contribution < 1.29 is 9.53 Å². The third-order valence-corrected chi connectivity index (χ3v) is 4.16. The van der Waals surface area contributed by atoms with Crippen molar-refractivity contribution in [1.29, 1.82) is 0 Å². The predicted molar refractivity (Wildman–Crippen MR) is 91.4 cm³/mol. The summed E-state index contributed by atoms with van der Waals surface area (Å²) in [6.07, 6.45) is -0.495. The summed E-state index contributed by atoms with van der Waals surface area (Å²) in [4.78, 5) is 12.2. The van der Waals surface area contributed by atoms with Crippen molar-refractivity contribution in [3.05, 3.63) is 70.2 Å². The SMILES string of the molecule is C[C@H](NC(=O)[C@@H](C)OCc1ccccc1)c1ccccc1Br. The van der Waals surface area contributed by atoms with Crippen LogP contribution in [0.1, 0.15) is 31.0 Å². The summed E-state index contributed by atoms with van der Waals surface area (Å²) in [6.45, 7) is 4.16. The molecule has 0 aromatic heterocycles. The summed E-state index contributed by atoms with van der Waals surface area (Å²) >= 11 is 3.50. The van der Waals surface area contributed by atoms with E-state index in [4.69, 9.17) is 4.74 Å². The summed E-state index contributed by atoms with van der Waals surface area (Å²) in [6, 6.07) is 17.6. The highest BCUT2D eigenvalue weighted by atomic mass is 79.9. The second-order valence-electron chi connectivity index (χ2n) is 5.19. The maximum Gasteiger partial charge on any atom is 0.249 e. The number of rotatable bonds is 6. The van der Waals surface area contributed by atoms with Gasteiger partial charge < -0.3 is 10.1 Å². The van der Waals surface area contributed by atoms with Crippen molar-refractivity contribution in [3.63, 3.8) is 0 Å². The highest BCUT2D eigenvalue weighted by Gasteiger charge is 2.17. The first-order valence-corrected chi connectivity index (χ1v) is 8.07. The Hall–Kier alpha value is -1.65. The smallest absolute Gasteiger partial charge is 0.249 e. The summed E-state index contributed by atoms with van der Waals surface area (Å²) < 4.78 is 6.62. The average molecular weight is 362 g/mol. The van der Waals surface area contributed by atoms with Crippen molar-refractivity contribution in [2.45, 2.75) is 32.6 Å². The summed E-state index contributed by atoms with van der Waals surface area (Å²) in [7, 11) is 0. The number of hydrogen-bond donors (Lipinski definition) is 1. The van der Waals surface area contributed by atoms with Gasteiger partial charge in [-0.25, -0.2) is 0 Å². The van der Waals surface area contributed by atoms with Gasteiger partial charge in [-0.2, -0.15) is 0 Å². The van der Waals surface area contributed by atoms with E-state index >= 15 is 0 Å². The second-order valence-corrected chi connectivity index (χ2v) is 6.04. The first-order chi connectivity index (χ1) is 10.6. The van der Waals surface area contributed by atoms with E-state index in [-0.39, 0.29) is 11.9 Å². The van der Waals surface area contributed by atoms with Crippen LogP contribution in [0.3, 0.4) is 0 Å². The number of carbonyl (C=O) groups is 1. The third kappa shape index (κ3) is 4.68. The van der Waals surface area contributed by atoms with Crippen molar-refractivity contribution in [1.82, 2.24) is 5.32 Å². The molecule has 0 radical (unpaired) electrons. The Morgan fingerprint density at radius 2 is 1.73 bits per heavy atom. The zero-order chi connectivity index (χ0) is 15.9. The summed E-state index contributed by atoms with van der Waals surface area (Å²) in [5.74, 6) is -0.112. The van der Waals surface area contributed by atoms with Gasteiger partial charge in [0.15, 0.2) is 0 Å². The molecule has 0 aliphatic heterocycles. The standard InChI is InChI=1S/C18H20BrNO2/c1-13(16-10-6-7-11-17(16)19)20-18(21)14(2)22-12-15-8-4-3-5-9-15/h3-11,13-14H,12H2,1-2H3,(H,20,21)/t13-,14+/m0/s1. The Morgan fingerprint density at radius 3 is 2.41 bits per heavy atom. The largest absolute Gasteiger partial charge is 0.364 e. The van der Waals surface area contributed by atoms with Crippen molar-refractivity contribution in [2.75, 3.05) is 0 Å². The van der Waals surface area contributed by atoms with Crippen molar-refractivity contribution >= 4 is 21.8 Å². The van der Waals surface area contributed by atoms with Gasteiger partial charge in [-0.15, -0.1) is 0 Å². The van der Waals surface area contributed by atoms with Crippen molar-refractivity contribution in [2.24, 2.45) is 0 Å². The highest BCUT2D eigenvalue weighted by molar-refractivity contribution is 9.10. The molecule has 0 saturated carbocycles. The number of ether oxygens (including phenoxy) is 1. The van der Waals surface area contributed by atoms with Crippen molar-refractivity contribution in [3.8, 4) is 0 Å². The Balaban J connectivity index is 1.87. The van der Waals surface area contributed by atoms with Gasteiger partial charge in [0.1, 0.15) is 6.10 Å². The van der Waals surface area contributed by atoms with Crippen LogP contribution in [0.4, 0.5) is 0 Å². The van der Waals surface area contributed by atoms with Gasteiger partial charge in [-0.3, -0.25) is 4.79 Å². The second kappa shape index (κ2) is 8.11. The number of carbonyl (C=O) groups excluding carboxylic acids is 1. The topological polar surface area (TPSA) is 38.3 Å². The Morgan fingerprint density at radius 1 is 1.09 bits per heavy atom. The number of nitrogens with one attached hydrogen (secondary N) is 1. The molecule has 2 atom stereocenters. The zero-order valence-corrected chi connectivity index (χ0v) is 14.3. The highest BCUT2D eigenvalue weighted by Crippen LogP contribution is 2.22. The number of hydrogen-bond acceptors (Lipinski definition) is 2. The van der Waals surface area contributed by atoms with Gasteiger partial charge in [0.2, 0.25) is 5.91 Å². The maximum absolute atomic E-state index is 12.2. The molecule has 22 heavy (non-hydrogen) atoms. The molecule has 1 amide bonds. The minimum atomic E-state index is -0.495. The Kier molecular flexibility index (Phi) is 6.16. The molecule has 4 heteroatoms. The van der Waals surface area contributed by atoms with E-state index in [1.165, 1.54) is 0 Å². The fourth-order valence-electron chi connectivity index (χ4n) is 2.11. The molecule has 2 aromatic rings. The van der Waals surface area contributed by atoms with Crippen LogP contribution in [0.15, 0.2) is 59.1 Å².